The van der Waals surface area contributed by atoms with Gasteiger partial charge in [0.1, 0.15) is 11.9 Å². The zero-order valence-corrected chi connectivity index (χ0v) is 13.5. The molecule has 4 nitrogen and oxygen atoms in total. The van der Waals surface area contributed by atoms with Crippen LogP contribution in [0.25, 0.3) is 0 Å². The summed E-state index contributed by atoms with van der Waals surface area (Å²) in [6.45, 7) is 8.73. The summed E-state index contributed by atoms with van der Waals surface area (Å²) in [5, 5.41) is 7.77. The van der Waals surface area contributed by atoms with Crippen LogP contribution >= 0.6 is 0 Å². The first-order valence-corrected chi connectivity index (χ1v) is 7.86. The normalized spacial score (nSPS) is 25.9. The first-order chi connectivity index (χ1) is 9.90. The molecule has 116 valence electrons. The number of aryl methyl sites for hydroxylation is 1. The van der Waals surface area contributed by atoms with Gasteiger partial charge in [-0.05, 0) is 49.1 Å². The van der Waals surface area contributed by atoms with E-state index in [2.05, 4.69) is 25.8 Å². The molecule has 4 heteroatoms. The average molecular weight is 289 g/mol. The molecule has 3 unspecified atom stereocenters. The van der Waals surface area contributed by atoms with Crippen molar-refractivity contribution in [2.24, 2.45) is 23.5 Å². The highest BCUT2D eigenvalue weighted by atomic mass is 16.5. The molecule has 0 saturated heterocycles. The van der Waals surface area contributed by atoms with E-state index in [1.54, 1.807) is 6.20 Å². The molecular formula is C17H27N3O. The van der Waals surface area contributed by atoms with Gasteiger partial charge >= 0.3 is 0 Å². The number of aromatic nitrogens is 1. The Kier molecular flexibility index (Phi) is 4.86. The zero-order chi connectivity index (χ0) is 15.6. The van der Waals surface area contributed by atoms with Gasteiger partial charge in [-0.15, -0.1) is 0 Å². The minimum absolute atomic E-state index is 0.0283. The Labute approximate surface area is 127 Å². The van der Waals surface area contributed by atoms with Crippen LogP contribution < -0.4 is 10.5 Å². The van der Waals surface area contributed by atoms with Crippen molar-refractivity contribution in [2.75, 3.05) is 0 Å². The number of nitrogens with one attached hydrogen (secondary N) is 1. The van der Waals surface area contributed by atoms with Crippen LogP contribution in [0.15, 0.2) is 12.3 Å². The van der Waals surface area contributed by atoms with Crippen LogP contribution in [0.4, 0.5) is 0 Å². The molecule has 2 rings (SSSR count). The summed E-state index contributed by atoms with van der Waals surface area (Å²) in [5.74, 6) is 2.36. The molecule has 1 saturated carbocycles. The molecule has 0 spiro atoms. The minimum atomic E-state index is 0.0283. The van der Waals surface area contributed by atoms with Crippen LogP contribution in [0.1, 0.15) is 51.2 Å². The summed E-state index contributed by atoms with van der Waals surface area (Å²) in [6, 6.07) is 1.87. The van der Waals surface area contributed by atoms with Crippen molar-refractivity contribution in [3.63, 3.8) is 0 Å². The largest absolute Gasteiger partial charge is 0.474 e. The lowest BCUT2D eigenvalue weighted by atomic mass is 9.75. The second-order valence-electron chi connectivity index (χ2n) is 6.70. The van der Waals surface area contributed by atoms with Crippen LogP contribution in [-0.2, 0) is 0 Å². The average Bonchev–Trinajstić information content (AvgIpc) is 2.37. The Morgan fingerprint density at radius 3 is 2.76 bits per heavy atom. The molecule has 3 N–H and O–H groups in total. The summed E-state index contributed by atoms with van der Waals surface area (Å²) >= 11 is 0. The number of amidine groups is 1. The molecule has 0 amide bonds. The van der Waals surface area contributed by atoms with Crippen molar-refractivity contribution in [3.8, 4) is 5.88 Å². The Hall–Kier alpha value is -1.58. The number of pyridine rings is 1. The molecule has 0 aromatic carbocycles. The van der Waals surface area contributed by atoms with E-state index >= 15 is 0 Å². The molecule has 0 bridgehead atoms. The SMILES string of the molecule is Cc1ccnc(OC2CC(C)CCC2C(C)C)c1C(=N)N. The maximum absolute atomic E-state index is 7.77. The van der Waals surface area contributed by atoms with E-state index < -0.39 is 0 Å². The van der Waals surface area contributed by atoms with Gasteiger partial charge in [-0.2, -0.15) is 0 Å². The van der Waals surface area contributed by atoms with Crippen molar-refractivity contribution < 1.29 is 4.74 Å². The van der Waals surface area contributed by atoms with E-state index in [-0.39, 0.29) is 11.9 Å². The number of hydrogen-bond acceptors (Lipinski definition) is 3. The molecule has 0 aliphatic heterocycles. The second kappa shape index (κ2) is 6.46. The maximum atomic E-state index is 7.77. The molecule has 3 atom stereocenters. The van der Waals surface area contributed by atoms with E-state index in [0.29, 0.717) is 29.2 Å². The highest BCUT2D eigenvalue weighted by Crippen LogP contribution is 2.36. The number of nitrogens with two attached hydrogens (primary N) is 1. The van der Waals surface area contributed by atoms with Crippen LogP contribution in [0.2, 0.25) is 0 Å². The number of hydrogen-bond donors (Lipinski definition) is 2. The highest BCUT2D eigenvalue weighted by Gasteiger charge is 2.33. The molecule has 1 aliphatic carbocycles. The Bertz CT molecular complexity index is 513. The third-order valence-electron chi connectivity index (χ3n) is 4.62. The van der Waals surface area contributed by atoms with Crippen molar-refractivity contribution >= 4 is 5.84 Å². The van der Waals surface area contributed by atoms with Gasteiger partial charge < -0.3 is 10.5 Å². The Morgan fingerprint density at radius 1 is 1.43 bits per heavy atom. The molecular weight excluding hydrogens is 262 g/mol. The number of nitrogen functional groups attached to an aromatic ring is 1. The van der Waals surface area contributed by atoms with Gasteiger partial charge in [-0.3, -0.25) is 5.41 Å². The van der Waals surface area contributed by atoms with E-state index in [4.69, 9.17) is 15.9 Å². The number of nitrogens with zero attached hydrogens (tertiary/aromatic N) is 1. The first-order valence-electron chi connectivity index (χ1n) is 7.86. The van der Waals surface area contributed by atoms with Gasteiger partial charge in [-0.1, -0.05) is 27.2 Å². The molecule has 1 heterocycles. The van der Waals surface area contributed by atoms with Crippen LogP contribution in [0.3, 0.4) is 0 Å². The Morgan fingerprint density at radius 2 is 2.14 bits per heavy atom. The van der Waals surface area contributed by atoms with E-state index in [1.165, 1.54) is 12.8 Å². The van der Waals surface area contributed by atoms with Crippen LogP contribution in [0.5, 0.6) is 5.88 Å². The molecule has 1 fully saturated rings. The number of rotatable bonds is 4. The fourth-order valence-electron chi connectivity index (χ4n) is 3.34. The summed E-state index contributed by atoms with van der Waals surface area (Å²) in [5.41, 5.74) is 7.28. The molecule has 1 aromatic rings. The third-order valence-corrected chi connectivity index (χ3v) is 4.62. The maximum Gasteiger partial charge on any atom is 0.225 e. The van der Waals surface area contributed by atoms with E-state index in [1.807, 2.05) is 13.0 Å². The van der Waals surface area contributed by atoms with E-state index in [9.17, 15) is 0 Å². The van der Waals surface area contributed by atoms with Gasteiger partial charge in [0.25, 0.3) is 0 Å². The fourth-order valence-corrected chi connectivity index (χ4v) is 3.34. The molecule has 1 aliphatic rings. The van der Waals surface area contributed by atoms with Crippen molar-refractivity contribution in [1.82, 2.24) is 4.98 Å². The first kappa shape index (κ1) is 15.8. The number of ether oxygens (including phenoxy) is 1. The summed E-state index contributed by atoms with van der Waals surface area (Å²) in [6.07, 6.45) is 5.42. The lowest BCUT2D eigenvalue weighted by Gasteiger charge is -2.37. The van der Waals surface area contributed by atoms with Gasteiger partial charge in [0.05, 0.1) is 5.56 Å². The van der Waals surface area contributed by atoms with Gasteiger partial charge in [-0.25, -0.2) is 4.98 Å². The van der Waals surface area contributed by atoms with Crippen LogP contribution in [-0.4, -0.2) is 16.9 Å². The summed E-state index contributed by atoms with van der Waals surface area (Å²) < 4.78 is 6.24. The predicted octanol–water partition coefficient (Wildman–Crippen LogP) is 3.51. The highest BCUT2D eigenvalue weighted by molar-refractivity contribution is 5.98. The lowest BCUT2D eigenvalue weighted by molar-refractivity contribution is 0.0424. The van der Waals surface area contributed by atoms with Crippen molar-refractivity contribution in [3.05, 3.63) is 23.4 Å². The standard InChI is InChI=1S/C17H27N3O/c1-10(2)13-6-5-11(3)9-14(13)21-17-15(16(18)19)12(4)7-8-20-17/h7-8,10-11,13-14H,5-6,9H2,1-4H3,(H3,18,19). The molecule has 0 radical (unpaired) electrons. The lowest BCUT2D eigenvalue weighted by Crippen LogP contribution is -2.37. The van der Waals surface area contributed by atoms with Gasteiger partial charge in [0.2, 0.25) is 5.88 Å². The fraction of sp³-hybridized carbons (Fsp3) is 0.647. The van der Waals surface area contributed by atoms with Gasteiger partial charge in [0.15, 0.2) is 0 Å². The van der Waals surface area contributed by atoms with Crippen LogP contribution in [0, 0.1) is 30.1 Å². The quantitative estimate of drug-likeness (QED) is 0.658. The molecule has 21 heavy (non-hydrogen) atoms. The zero-order valence-electron chi connectivity index (χ0n) is 13.5. The van der Waals surface area contributed by atoms with Gasteiger partial charge in [0, 0.05) is 6.20 Å². The monoisotopic (exact) mass is 289 g/mol. The third kappa shape index (κ3) is 3.55. The predicted molar refractivity (Wildman–Crippen MR) is 85.7 cm³/mol. The van der Waals surface area contributed by atoms with E-state index in [0.717, 1.165) is 12.0 Å². The Balaban J connectivity index is 2.27. The minimum Gasteiger partial charge on any atom is -0.474 e. The summed E-state index contributed by atoms with van der Waals surface area (Å²) in [4.78, 5) is 4.33. The second-order valence-corrected chi connectivity index (χ2v) is 6.70. The summed E-state index contributed by atoms with van der Waals surface area (Å²) in [7, 11) is 0. The van der Waals surface area contributed by atoms with Crippen molar-refractivity contribution in [2.45, 2.75) is 53.1 Å². The van der Waals surface area contributed by atoms with Crippen molar-refractivity contribution in [1.29, 1.82) is 5.41 Å². The smallest absolute Gasteiger partial charge is 0.225 e. The molecule has 1 aromatic heterocycles. The topological polar surface area (TPSA) is 72.0 Å².